The molecule has 0 unspecified atom stereocenters. The topological polar surface area (TPSA) is 73.7 Å². The number of hydrogen-bond donors (Lipinski definition) is 2. The van der Waals surface area contributed by atoms with Crippen molar-refractivity contribution in [1.82, 2.24) is 6.15 Å². The lowest BCUT2D eigenvalue weighted by atomic mass is 10.5. The molecule has 0 fully saturated rings. The Hall–Kier alpha value is 0.0569. The molecule has 0 aliphatic rings. The smallest absolute Gasteiger partial charge is 0.334 e. The summed E-state index contributed by atoms with van der Waals surface area (Å²) in [6.45, 7) is 7.63. The van der Waals surface area contributed by atoms with Crippen LogP contribution in [0.15, 0.2) is 0 Å². The van der Waals surface area contributed by atoms with Crippen molar-refractivity contribution in [3.8, 4) is 0 Å². The Labute approximate surface area is 82.1 Å². The minimum absolute atomic E-state index is 0. The summed E-state index contributed by atoms with van der Waals surface area (Å²) in [7, 11) is -1.93. The van der Waals surface area contributed by atoms with Crippen molar-refractivity contribution >= 4 is 8.56 Å². The van der Waals surface area contributed by atoms with E-state index in [4.69, 9.17) is 14.0 Å². The third-order valence-corrected chi connectivity index (χ3v) is 4.75. The second-order valence-corrected chi connectivity index (χ2v) is 6.17. The van der Waals surface area contributed by atoms with E-state index in [1.54, 1.807) is 0 Å². The molecule has 4 nitrogen and oxygen atoms in total. The number of aliphatic hydroxyl groups is 1. The number of aliphatic hydroxyl groups excluding tert-OH is 1. The van der Waals surface area contributed by atoms with Gasteiger partial charge in [-0.25, -0.2) is 0 Å². The van der Waals surface area contributed by atoms with Gasteiger partial charge in [0.2, 0.25) is 0 Å². The summed E-state index contributed by atoms with van der Waals surface area (Å²) >= 11 is 0. The molecule has 0 aliphatic carbocycles. The van der Waals surface area contributed by atoms with Crippen molar-refractivity contribution in [1.29, 1.82) is 0 Å². The van der Waals surface area contributed by atoms with Gasteiger partial charge in [0.15, 0.2) is 0 Å². The predicted molar refractivity (Wildman–Crippen MR) is 56.4 cm³/mol. The van der Waals surface area contributed by atoms with Crippen LogP contribution in [0.3, 0.4) is 0 Å². The van der Waals surface area contributed by atoms with Crippen molar-refractivity contribution in [2.24, 2.45) is 0 Å². The molecular formula is C8H23NO3Si. The lowest BCUT2D eigenvalue weighted by Gasteiger charge is -2.25. The molecule has 0 atom stereocenters. The molecule has 0 aromatic carbocycles. The fourth-order valence-electron chi connectivity index (χ4n) is 1.20. The van der Waals surface area contributed by atoms with Gasteiger partial charge in [0.25, 0.3) is 0 Å². The Kier molecular flexibility index (Phi) is 10.3. The van der Waals surface area contributed by atoms with E-state index in [0.717, 1.165) is 12.5 Å². The molecule has 0 spiro atoms. The Morgan fingerprint density at radius 3 is 1.92 bits per heavy atom. The SMILES string of the molecule is CCO[Si](C)(CCCO)OCC.N. The van der Waals surface area contributed by atoms with Crippen LogP contribution in [-0.4, -0.2) is 33.5 Å². The van der Waals surface area contributed by atoms with E-state index in [-0.39, 0.29) is 12.8 Å². The highest BCUT2D eigenvalue weighted by molar-refractivity contribution is 6.66. The Morgan fingerprint density at radius 2 is 1.62 bits per heavy atom. The van der Waals surface area contributed by atoms with Crippen LogP contribution in [0.1, 0.15) is 20.3 Å². The average molecular weight is 209 g/mol. The molecule has 0 aliphatic heterocycles. The van der Waals surface area contributed by atoms with Crippen LogP contribution in [0.5, 0.6) is 0 Å². The van der Waals surface area contributed by atoms with Gasteiger partial charge in [-0.1, -0.05) is 0 Å². The summed E-state index contributed by atoms with van der Waals surface area (Å²) < 4.78 is 11.2. The zero-order valence-corrected chi connectivity index (χ0v) is 10.0. The maximum Gasteiger partial charge on any atom is 0.334 e. The molecule has 0 bridgehead atoms. The standard InChI is InChI=1S/C8H20O3Si.H3N/c1-4-10-12(3,11-5-2)8-6-7-9;/h9H,4-8H2,1-3H3;1H3. The van der Waals surface area contributed by atoms with Gasteiger partial charge in [-0.15, -0.1) is 0 Å². The summed E-state index contributed by atoms with van der Waals surface area (Å²) in [5.74, 6) is 0. The molecule has 0 saturated heterocycles. The zero-order valence-electron chi connectivity index (χ0n) is 9.01. The van der Waals surface area contributed by atoms with E-state index in [0.29, 0.717) is 13.2 Å². The molecular weight excluding hydrogens is 186 g/mol. The second-order valence-electron chi connectivity index (χ2n) is 2.83. The first-order valence-corrected chi connectivity index (χ1v) is 7.09. The molecule has 0 amide bonds. The minimum Gasteiger partial charge on any atom is -0.396 e. The fraction of sp³-hybridized carbons (Fsp3) is 1.00. The highest BCUT2D eigenvalue weighted by atomic mass is 28.4. The molecule has 0 heterocycles. The van der Waals surface area contributed by atoms with Gasteiger partial charge in [0.1, 0.15) is 0 Å². The van der Waals surface area contributed by atoms with Crippen LogP contribution in [0, 0.1) is 0 Å². The summed E-state index contributed by atoms with van der Waals surface area (Å²) in [5.41, 5.74) is 0. The largest absolute Gasteiger partial charge is 0.396 e. The summed E-state index contributed by atoms with van der Waals surface area (Å²) in [5, 5.41) is 8.68. The minimum atomic E-state index is -1.93. The van der Waals surface area contributed by atoms with Crippen LogP contribution in [0.25, 0.3) is 0 Å². The van der Waals surface area contributed by atoms with E-state index < -0.39 is 8.56 Å². The van der Waals surface area contributed by atoms with Crippen molar-refractivity contribution in [2.75, 3.05) is 19.8 Å². The highest BCUT2D eigenvalue weighted by Gasteiger charge is 2.29. The van der Waals surface area contributed by atoms with Crippen LogP contribution >= 0.6 is 0 Å². The first kappa shape index (κ1) is 15.5. The molecule has 0 rings (SSSR count). The van der Waals surface area contributed by atoms with Crippen LogP contribution in [-0.2, 0) is 8.85 Å². The highest BCUT2D eigenvalue weighted by Crippen LogP contribution is 2.15. The maximum absolute atomic E-state index is 8.68. The third kappa shape index (κ3) is 7.15. The van der Waals surface area contributed by atoms with Gasteiger partial charge in [-0.05, 0) is 32.9 Å². The van der Waals surface area contributed by atoms with E-state index in [2.05, 4.69) is 6.55 Å². The quantitative estimate of drug-likeness (QED) is 0.626. The number of hydrogen-bond acceptors (Lipinski definition) is 4. The summed E-state index contributed by atoms with van der Waals surface area (Å²) in [4.78, 5) is 0. The molecule has 5 heteroatoms. The van der Waals surface area contributed by atoms with Crippen LogP contribution in [0.4, 0.5) is 0 Å². The lowest BCUT2D eigenvalue weighted by molar-refractivity contribution is 0.184. The monoisotopic (exact) mass is 209 g/mol. The van der Waals surface area contributed by atoms with Crippen molar-refractivity contribution < 1.29 is 14.0 Å². The van der Waals surface area contributed by atoms with Gasteiger partial charge in [-0.3, -0.25) is 0 Å². The van der Waals surface area contributed by atoms with E-state index in [1.807, 2.05) is 13.8 Å². The first-order chi connectivity index (χ1) is 5.68. The van der Waals surface area contributed by atoms with E-state index in [9.17, 15) is 0 Å². The fourth-order valence-corrected chi connectivity index (χ4v) is 3.59. The van der Waals surface area contributed by atoms with Gasteiger partial charge in [0.05, 0.1) is 0 Å². The van der Waals surface area contributed by atoms with Gasteiger partial charge in [-0.2, -0.15) is 0 Å². The Balaban J connectivity index is 0. The van der Waals surface area contributed by atoms with E-state index in [1.165, 1.54) is 0 Å². The lowest BCUT2D eigenvalue weighted by Crippen LogP contribution is -2.38. The molecule has 0 saturated carbocycles. The molecule has 4 N–H and O–H groups in total. The maximum atomic E-state index is 8.68. The molecule has 0 aromatic heterocycles. The van der Waals surface area contributed by atoms with Crippen molar-refractivity contribution in [2.45, 2.75) is 32.9 Å². The summed E-state index contributed by atoms with van der Waals surface area (Å²) in [6, 6.07) is 0.880. The first-order valence-electron chi connectivity index (χ1n) is 4.57. The van der Waals surface area contributed by atoms with Crippen molar-refractivity contribution in [3.05, 3.63) is 0 Å². The molecule has 0 aromatic rings. The second kappa shape index (κ2) is 8.65. The average Bonchev–Trinajstić information content (AvgIpc) is 2.02. The Morgan fingerprint density at radius 1 is 1.15 bits per heavy atom. The van der Waals surface area contributed by atoms with Crippen LogP contribution < -0.4 is 6.15 Å². The molecule has 0 radical (unpaired) electrons. The predicted octanol–water partition coefficient (Wildman–Crippen LogP) is 1.68. The Bertz CT molecular complexity index is 108. The zero-order chi connectivity index (χ0) is 9.45. The van der Waals surface area contributed by atoms with Crippen molar-refractivity contribution in [3.63, 3.8) is 0 Å². The third-order valence-electron chi connectivity index (χ3n) is 1.69. The van der Waals surface area contributed by atoms with Crippen LogP contribution in [0.2, 0.25) is 12.6 Å². The normalized spacial score (nSPS) is 11.1. The molecule has 13 heavy (non-hydrogen) atoms. The summed E-state index contributed by atoms with van der Waals surface area (Å²) in [6.07, 6.45) is 0.780. The van der Waals surface area contributed by atoms with Gasteiger partial charge >= 0.3 is 8.56 Å². The van der Waals surface area contributed by atoms with Gasteiger partial charge < -0.3 is 20.1 Å². The van der Waals surface area contributed by atoms with Gasteiger partial charge in [0, 0.05) is 19.8 Å². The van der Waals surface area contributed by atoms with E-state index >= 15 is 0 Å². The molecule has 82 valence electrons. The number of rotatable bonds is 7.